The molecule has 0 aliphatic carbocycles. The minimum atomic E-state index is -1.16. The van der Waals surface area contributed by atoms with E-state index in [1.54, 1.807) is 11.9 Å². The third-order valence-corrected chi connectivity index (χ3v) is 2.73. The summed E-state index contributed by atoms with van der Waals surface area (Å²) in [5.41, 5.74) is 0. The molecule has 0 aromatic rings. The lowest BCUT2D eigenvalue weighted by atomic mass is 10.1. The van der Waals surface area contributed by atoms with Gasteiger partial charge in [-0.3, -0.25) is 14.4 Å². The van der Waals surface area contributed by atoms with Gasteiger partial charge in [-0.2, -0.15) is 0 Å². The highest BCUT2D eigenvalue weighted by Crippen LogP contribution is 2.08. The fourth-order valence-corrected chi connectivity index (χ4v) is 1.55. The highest BCUT2D eigenvalue weighted by molar-refractivity contribution is 5.98. The summed E-state index contributed by atoms with van der Waals surface area (Å²) in [5.74, 6) is -2.88. The molecule has 6 heteroatoms. The molecule has 16 heavy (non-hydrogen) atoms. The Morgan fingerprint density at radius 1 is 1.38 bits per heavy atom. The SMILES string of the molecule is CC(C(=O)O)C(=O)N1CCCN(C)C(=O)C1. The Hall–Kier alpha value is -1.59. The molecule has 0 aromatic carbocycles. The summed E-state index contributed by atoms with van der Waals surface area (Å²) < 4.78 is 0. The maximum Gasteiger partial charge on any atom is 0.315 e. The van der Waals surface area contributed by atoms with Crippen molar-refractivity contribution in [1.82, 2.24) is 9.80 Å². The van der Waals surface area contributed by atoms with Crippen molar-refractivity contribution in [3.8, 4) is 0 Å². The Bertz CT molecular complexity index is 316. The predicted octanol–water partition coefficient (Wildman–Crippen LogP) is -0.602. The Balaban J connectivity index is 2.69. The van der Waals surface area contributed by atoms with Gasteiger partial charge in [-0.15, -0.1) is 0 Å². The van der Waals surface area contributed by atoms with Gasteiger partial charge < -0.3 is 14.9 Å². The lowest BCUT2D eigenvalue weighted by molar-refractivity contribution is -0.151. The molecule has 1 aliphatic rings. The van der Waals surface area contributed by atoms with Crippen LogP contribution in [0.4, 0.5) is 0 Å². The van der Waals surface area contributed by atoms with E-state index in [9.17, 15) is 14.4 Å². The zero-order valence-corrected chi connectivity index (χ0v) is 9.47. The first-order valence-electron chi connectivity index (χ1n) is 5.19. The van der Waals surface area contributed by atoms with E-state index in [2.05, 4.69) is 0 Å². The summed E-state index contributed by atoms with van der Waals surface area (Å²) in [5, 5.41) is 8.73. The third kappa shape index (κ3) is 2.71. The molecule has 1 heterocycles. The smallest absolute Gasteiger partial charge is 0.315 e. The van der Waals surface area contributed by atoms with Crippen LogP contribution in [0.25, 0.3) is 0 Å². The van der Waals surface area contributed by atoms with Crippen molar-refractivity contribution < 1.29 is 19.5 Å². The standard InChI is InChI=1S/C10H16N2O4/c1-7(10(15)16)9(14)12-5-3-4-11(2)8(13)6-12/h7H,3-6H2,1-2H3,(H,15,16). The minimum Gasteiger partial charge on any atom is -0.481 e. The third-order valence-electron chi connectivity index (χ3n) is 2.73. The van der Waals surface area contributed by atoms with Gasteiger partial charge in [0.25, 0.3) is 0 Å². The molecular formula is C10H16N2O4. The monoisotopic (exact) mass is 228 g/mol. The number of likely N-dealkylation sites (N-methyl/N-ethyl adjacent to an activating group) is 1. The number of carboxylic acids is 1. The first kappa shape index (κ1) is 12.5. The molecule has 1 saturated heterocycles. The zero-order valence-electron chi connectivity index (χ0n) is 9.47. The van der Waals surface area contributed by atoms with Gasteiger partial charge in [-0.25, -0.2) is 0 Å². The number of amides is 2. The maximum absolute atomic E-state index is 11.7. The lowest BCUT2D eigenvalue weighted by Crippen LogP contribution is -2.42. The van der Waals surface area contributed by atoms with Crippen LogP contribution >= 0.6 is 0 Å². The first-order chi connectivity index (χ1) is 7.43. The number of rotatable bonds is 2. The van der Waals surface area contributed by atoms with Gasteiger partial charge in [0.1, 0.15) is 5.92 Å². The molecule has 1 fully saturated rings. The zero-order chi connectivity index (χ0) is 12.3. The number of carbonyl (C=O) groups is 3. The van der Waals surface area contributed by atoms with Gasteiger partial charge in [0.05, 0.1) is 6.54 Å². The highest BCUT2D eigenvalue weighted by atomic mass is 16.4. The Morgan fingerprint density at radius 2 is 2.00 bits per heavy atom. The summed E-state index contributed by atoms with van der Waals surface area (Å²) >= 11 is 0. The Morgan fingerprint density at radius 3 is 2.56 bits per heavy atom. The van der Waals surface area contributed by atoms with E-state index in [0.29, 0.717) is 19.5 Å². The maximum atomic E-state index is 11.7. The van der Waals surface area contributed by atoms with Crippen LogP contribution in [0.1, 0.15) is 13.3 Å². The van der Waals surface area contributed by atoms with E-state index in [1.165, 1.54) is 11.8 Å². The molecule has 2 amide bonds. The van der Waals surface area contributed by atoms with E-state index >= 15 is 0 Å². The van der Waals surface area contributed by atoms with Gasteiger partial charge in [0.15, 0.2) is 0 Å². The van der Waals surface area contributed by atoms with Gasteiger partial charge in [0, 0.05) is 20.1 Å². The number of hydrogen-bond donors (Lipinski definition) is 1. The predicted molar refractivity (Wildman–Crippen MR) is 55.6 cm³/mol. The molecule has 1 aliphatic heterocycles. The lowest BCUT2D eigenvalue weighted by Gasteiger charge is -2.21. The second-order valence-electron chi connectivity index (χ2n) is 3.99. The number of carboxylic acid groups (broad SMARTS) is 1. The van der Waals surface area contributed by atoms with Gasteiger partial charge >= 0.3 is 5.97 Å². The summed E-state index contributed by atoms with van der Waals surface area (Å²) in [6, 6.07) is 0. The molecule has 6 nitrogen and oxygen atoms in total. The molecule has 0 bridgehead atoms. The summed E-state index contributed by atoms with van der Waals surface area (Å²) in [4.78, 5) is 36.8. The van der Waals surface area contributed by atoms with Crippen molar-refractivity contribution in [2.24, 2.45) is 5.92 Å². The molecule has 0 aromatic heterocycles. The number of aliphatic carboxylic acids is 1. The molecule has 0 saturated carbocycles. The molecule has 1 rings (SSSR count). The van der Waals surface area contributed by atoms with E-state index in [1.807, 2.05) is 0 Å². The van der Waals surface area contributed by atoms with Crippen LogP contribution in [0, 0.1) is 5.92 Å². The molecule has 1 N–H and O–H groups in total. The topological polar surface area (TPSA) is 77.9 Å². The van der Waals surface area contributed by atoms with E-state index in [-0.39, 0.29) is 12.5 Å². The van der Waals surface area contributed by atoms with E-state index in [0.717, 1.165) is 0 Å². The summed E-state index contributed by atoms with van der Waals surface area (Å²) in [6.45, 7) is 2.35. The quantitative estimate of drug-likeness (QED) is 0.640. The molecule has 90 valence electrons. The molecular weight excluding hydrogens is 212 g/mol. The van der Waals surface area contributed by atoms with Crippen molar-refractivity contribution in [2.45, 2.75) is 13.3 Å². The molecule has 0 spiro atoms. The number of carbonyl (C=O) groups excluding carboxylic acids is 2. The van der Waals surface area contributed by atoms with Gasteiger partial charge in [-0.05, 0) is 13.3 Å². The van der Waals surface area contributed by atoms with Crippen molar-refractivity contribution in [3.63, 3.8) is 0 Å². The largest absolute Gasteiger partial charge is 0.481 e. The highest BCUT2D eigenvalue weighted by Gasteiger charge is 2.29. The van der Waals surface area contributed by atoms with Crippen molar-refractivity contribution >= 4 is 17.8 Å². The van der Waals surface area contributed by atoms with Crippen LogP contribution in [0.5, 0.6) is 0 Å². The van der Waals surface area contributed by atoms with Crippen molar-refractivity contribution in [2.75, 3.05) is 26.7 Å². The van der Waals surface area contributed by atoms with Crippen LogP contribution in [-0.4, -0.2) is 59.4 Å². The Labute approximate surface area is 93.8 Å². The summed E-state index contributed by atoms with van der Waals surface area (Å²) in [6.07, 6.45) is 0.681. The summed E-state index contributed by atoms with van der Waals surface area (Å²) in [7, 11) is 1.68. The van der Waals surface area contributed by atoms with Crippen LogP contribution < -0.4 is 0 Å². The molecule has 1 atom stereocenters. The van der Waals surface area contributed by atoms with Crippen LogP contribution in [0.3, 0.4) is 0 Å². The minimum absolute atomic E-state index is 0.0209. The average molecular weight is 228 g/mol. The Kier molecular flexibility index (Phi) is 3.87. The van der Waals surface area contributed by atoms with Crippen LogP contribution in [-0.2, 0) is 14.4 Å². The fraction of sp³-hybridized carbons (Fsp3) is 0.700. The van der Waals surface area contributed by atoms with Gasteiger partial charge in [0.2, 0.25) is 11.8 Å². The average Bonchev–Trinajstić information content (AvgIpc) is 2.39. The number of nitrogens with zero attached hydrogens (tertiary/aromatic N) is 2. The van der Waals surface area contributed by atoms with Crippen molar-refractivity contribution in [3.05, 3.63) is 0 Å². The normalized spacial score (nSPS) is 19.2. The molecule has 1 unspecified atom stereocenters. The first-order valence-corrected chi connectivity index (χ1v) is 5.19. The number of hydrogen-bond acceptors (Lipinski definition) is 3. The second kappa shape index (κ2) is 4.96. The van der Waals surface area contributed by atoms with E-state index < -0.39 is 17.8 Å². The van der Waals surface area contributed by atoms with Crippen LogP contribution in [0.2, 0.25) is 0 Å². The van der Waals surface area contributed by atoms with Gasteiger partial charge in [-0.1, -0.05) is 0 Å². The van der Waals surface area contributed by atoms with Crippen LogP contribution in [0.15, 0.2) is 0 Å². The van der Waals surface area contributed by atoms with E-state index in [4.69, 9.17) is 5.11 Å². The van der Waals surface area contributed by atoms with Crippen molar-refractivity contribution in [1.29, 1.82) is 0 Å². The second-order valence-corrected chi connectivity index (χ2v) is 3.99. The fourth-order valence-electron chi connectivity index (χ4n) is 1.55. The molecule has 0 radical (unpaired) electrons.